The first-order valence-electron chi connectivity index (χ1n) is 10.9. The number of carbonyl (C=O) groups is 1. The third kappa shape index (κ3) is 5.04. The van der Waals surface area contributed by atoms with Crippen molar-refractivity contribution in [1.29, 1.82) is 0 Å². The summed E-state index contributed by atoms with van der Waals surface area (Å²) in [6.07, 6.45) is 12.1. The lowest BCUT2D eigenvalue weighted by atomic mass is 9.66. The summed E-state index contributed by atoms with van der Waals surface area (Å²) in [6.45, 7) is 2.20. The van der Waals surface area contributed by atoms with Crippen LogP contribution in [0.5, 0.6) is 0 Å². The molecule has 2 saturated carbocycles. The van der Waals surface area contributed by atoms with Gasteiger partial charge in [-0.15, -0.1) is 0 Å². The Morgan fingerprint density at radius 3 is 2.59 bits per heavy atom. The van der Waals surface area contributed by atoms with Crippen LogP contribution in [0.3, 0.4) is 0 Å². The molecular formula is C23H35N2O2. The zero-order valence-corrected chi connectivity index (χ0v) is 16.6. The van der Waals surface area contributed by atoms with Crippen LogP contribution in [0, 0.1) is 17.8 Å². The first kappa shape index (κ1) is 20.2. The molecular weight excluding hydrogens is 336 g/mol. The van der Waals surface area contributed by atoms with Gasteiger partial charge in [-0.3, -0.25) is 5.73 Å². The Hall–Kier alpha value is -1.55. The van der Waals surface area contributed by atoms with Gasteiger partial charge in [-0.25, -0.2) is 4.79 Å². The molecule has 0 spiro atoms. The van der Waals surface area contributed by atoms with E-state index in [2.05, 4.69) is 12.2 Å². The number of para-hydroxylation sites is 1. The van der Waals surface area contributed by atoms with Gasteiger partial charge in [0, 0.05) is 17.8 Å². The molecule has 4 nitrogen and oxygen atoms in total. The summed E-state index contributed by atoms with van der Waals surface area (Å²) < 4.78 is 0. The lowest BCUT2D eigenvalue weighted by Gasteiger charge is -2.44. The topological polar surface area (TPSA) is 73.1 Å². The predicted octanol–water partition coefficient (Wildman–Crippen LogP) is 5.61. The Balaban J connectivity index is 1.79. The number of hydrogen-bond donors (Lipinski definition) is 2. The predicted molar refractivity (Wildman–Crippen MR) is 110 cm³/mol. The van der Waals surface area contributed by atoms with Gasteiger partial charge in [0.25, 0.3) is 0 Å². The van der Waals surface area contributed by atoms with Gasteiger partial charge in [0.15, 0.2) is 0 Å². The van der Waals surface area contributed by atoms with Gasteiger partial charge in [0.05, 0.1) is 5.56 Å². The molecule has 2 unspecified atom stereocenters. The van der Waals surface area contributed by atoms with Crippen LogP contribution in [0.15, 0.2) is 24.3 Å². The summed E-state index contributed by atoms with van der Waals surface area (Å²) in [5.41, 5.74) is 9.89. The molecule has 4 heteroatoms. The molecule has 1 aromatic rings. The molecule has 2 aliphatic carbocycles. The molecule has 4 atom stereocenters. The number of nitrogens with one attached hydrogen (secondary N) is 2. The molecule has 0 aliphatic heterocycles. The highest BCUT2D eigenvalue weighted by Gasteiger charge is 2.39. The van der Waals surface area contributed by atoms with Gasteiger partial charge in [-0.2, -0.15) is 0 Å². The molecule has 27 heavy (non-hydrogen) atoms. The molecule has 149 valence electrons. The second kappa shape index (κ2) is 9.59. The van der Waals surface area contributed by atoms with Crippen molar-refractivity contribution in [2.75, 3.05) is 5.32 Å². The number of benzene rings is 1. The minimum absolute atomic E-state index is 0.0354. The van der Waals surface area contributed by atoms with Crippen molar-refractivity contribution in [1.82, 2.24) is 5.73 Å². The van der Waals surface area contributed by atoms with Crippen LogP contribution >= 0.6 is 0 Å². The van der Waals surface area contributed by atoms with Gasteiger partial charge >= 0.3 is 5.97 Å². The quantitative estimate of drug-likeness (QED) is 0.654. The van der Waals surface area contributed by atoms with E-state index in [4.69, 9.17) is 5.73 Å². The monoisotopic (exact) mass is 371 g/mol. The summed E-state index contributed by atoms with van der Waals surface area (Å²) in [5, 5.41) is 13.1. The number of carboxylic acids is 1. The summed E-state index contributed by atoms with van der Waals surface area (Å²) in [7, 11) is 0. The smallest absolute Gasteiger partial charge is 0.337 e. The molecule has 2 fully saturated rings. The van der Waals surface area contributed by atoms with Crippen molar-refractivity contribution in [3.63, 3.8) is 0 Å². The van der Waals surface area contributed by atoms with Crippen LogP contribution in [0.25, 0.3) is 0 Å². The van der Waals surface area contributed by atoms with E-state index in [1.807, 2.05) is 12.1 Å². The van der Waals surface area contributed by atoms with Crippen molar-refractivity contribution < 1.29 is 9.90 Å². The van der Waals surface area contributed by atoms with E-state index in [0.29, 0.717) is 23.1 Å². The molecule has 3 rings (SSSR count). The van der Waals surface area contributed by atoms with Gasteiger partial charge in [-0.05, 0) is 49.1 Å². The van der Waals surface area contributed by atoms with E-state index < -0.39 is 5.97 Å². The highest BCUT2D eigenvalue weighted by molar-refractivity contribution is 5.94. The summed E-state index contributed by atoms with van der Waals surface area (Å²) >= 11 is 0. The molecule has 1 radical (unpaired) electrons. The SMILES string of the molecule is CCCCC1C([NH])C[C@@H](C2CCCCC2)C[C@@H]1Nc1ccccc1C(=O)O. The Bertz CT molecular complexity index is 612. The minimum Gasteiger partial charge on any atom is -0.478 e. The van der Waals surface area contributed by atoms with E-state index in [1.165, 1.54) is 32.1 Å². The number of rotatable bonds is 7. The molecule has 0 aromatic heterocycles. The Morgan fingerprint density at radius 2 is 1.89 bits per heavy atom. The molecule has 0 saturated heterocycles. The van der Waals surface area contributed by atoms with E-state index in [1.54, 1.807) is 12.1 Å². The van der Waals surface area contributed by atoms with E-state index >= 15 is 0 Å². The minimum atomic E-state index is -0.884. The molecule has 2 aliphatic rings. The summed E-state index contributed by atoms with van der Waals surface area (Å²) in [6, 6.07) is 7.40. The summed E-state index contributed by atoms with van der Waals surface area (Å²) in [4.78, 5) is 11.6. The van der Waals surface area contributed by atoms with Gasteiger partial charge in [0.2, 0.25) is 0 Å². The second-order valence-corrected chi connectivity index (χ2v) is 8.64. The number of carboxylic acid groups (broad SMARTS) is 1. The average molecular weight is 372 g/mol. The highest BCUT2D eigenvalue weighted by atomic mass is 16.4. The zero-order valence-electron chi connectivity index (χ0n) is 16.6. The first-order chi connectivity index (χ1) is 13.1. The molecule has 0 bridgehead atoms. The van der Waals surface area contributed by atoms with Crippen molar-refractivity contribution in [3.05, 3.63) is 29.8 Å². The maximum atomic E-state index is 11.6. The van der Waals surface area contributed by atoms with Crippen molar-refractivity contribution >= 4 is 11.7 Å². The maximum Gasteiger partial charge on any atom is 0.337 e. The normalized spacial score (nSPS) is 29.4. The number of unbranched alkanes of at least 4 members (excludes halogenated alkanes) is 1. The summed E-state index contributed by atoms with van der Waals surface area (Å²) in [5.74, 6) is 0.801. The highest BCUT2D eigenvalue weighted by Crippen LogP contribution is 2.42. The second-order valence-electron chi connectivity index (χ2n) is 8.64. The van der Waals surface area contributed by atoms with E-state index in [9.17, 15) is 9.90 Å². The number of anilines is 1. The fourth-order valence-electron chi connectivity index (χ4n) is 5.37. The van der Waals surface area contributed by atoms with Gasteiger partial charge in [0.1, 0.15) is 0 Å². The van der Waals surface area contributed by atoms with Crippen LogP contribution in [-0.2, 0) is 0 Å². The van der Waals surface area contributed by atoms with E-state index in [0.717, 1.165) is 38.0 Å². The Morgan fingerprint density at radius 1 is 1.15 bits per heavy atom. The van der Waals surface area contributed by atoms with Crippen LogP contribution in [0.2, 0.25) is 0 Å². The van der Waals surface area contributed by atoms with Crippen molar-refractivity contribution in [2.24, 2.45) is 17.8 Å². The zero-order chi connectivity index (χ0) is 19.2. The maximum absolute atomic E-state index is 11.6. The fraction of sp³-hybridized carbons (Fsp3) is 0.696. The third-order valence-electron chi connectivity index (χ3n) is 6.85. The van der Waals surface area contributed by atoms with Crippen LogP contribution in [0.1, 0.15) is 81.5 Å². The molecule has 0 amide bonds. The van der Waals surface area contributed by atoms with Gasteiger partial charge < -0.3 is 10.4 Å². The number of hydrogen-bond acceptors (Lipinski definition) is 2. The Labute approximate surface area is 163 Å². The Kier molecular flexibility index (Phi) is 7.17. The van der Waals surface area contributed by atoms with Crippen LogP contribution in [0.4, 0.5) is 5.69 Å². The lowest BCUT2D eigenvalue weighted by Crippen LogP contribution is -2.46. The van der Waals surface area contributed by atoms with Gasteiger partial charge in [-0.1, -0.05) is 64.0 Å². The van der Waals surface area contributed by atoms with Crippen LogP contribution < -0.4 is 11.1 Å². The third-order valence-corrected chi connectivity index (χ3v) is 6.85. The largest absolute Gasteiger partial charge is 0.478 e. The first-order valence-corrected chi connectivity index (χ1v) is 10.9. The van der Waals surface area contributed by atoms with Crippen molar-refractivity contribution in [3.8, 4) is 0 Å². The standard InChI is InChI=1S/C23H35N2O2/c1-2-3-11-18-20(24)14-17(16-9-5-4-6-10-16)15-22(18)25-21-13-8-7-12-19(21)23(26)27/h7-8,12-13,16-18,20,22,24-25H,2-6,9-11,14-15H2,1H3,(H,26,27)/t17-,18?,20?,22+/m1/s1. The average Bonchev–Trinajstić information content (AvgIpc) is 2.68. The van der Waals surface area contributed by atoms with Crippen LogP contribution in [-0.4, -0.2) is 23.2 Å². The molecule has 3 N–H and O–H groups in total. The lowest BCUT2D eigenvalue weighted by molar-refractivity contribution is 0.0697. The van der Waals surface area contributed by atoms with Crippen molar-refractivity contribution in [2.45, 2.75) is 83.2 Å². The van der Waals surface area contributed by atoms with E-state index in [-0.39, 0.29) is 12.1 Å². The fourth-order valence-corrected chi connectivity index (χ4v) is 5.37. The molecule has 0 heterocycles. The number of aromatic carboxylic acids is 1. The molecule has 1 aromatic carbocycles.